The van der Waals surface area contributed by atoms with Crippen LogP contribution in [0.25, 0.3) is 0 Å². The third-order valence-electron chi connectivity index (χ3n) is 2.82. The smallest absolute Gasteiger partial charge is 0.303 e. The molecule has 0 spiro atoms. The number of carboxylic acid groups (broad SMARTS) is 1. The van der Waals surface area contributed by atoms with E-state index in [2.05, 4.69) is 30.3 Å². The number of hydrogen-bond acceptors (Lipinski definition) is 3. The van der Waals surface area contributed by atoms with E-state index < -0.39 is 18.2 Å². The summed E-state index contributed by atoms with van der Waals surface area (Å²) in [6, 6.07) is 0. The highest BCUT2D eigenvalue weighted by Gasteiger charge is 2.02. The number of aliphatic hydroxyl groups is 2. The van der Waals surface area contributed by atoms with Crippen molar-refractivity contribution in [1.29, 1.82) is 0 Å². The molecular weight excluding hydrogens is 280 g/mol. The number of rotatable bonds is 10. The Kier molecular flexibility index (Phi) is 12.7. The monoisotopic (exact) mass is 304 g/mol. The molecule has 0 radical (unpaired) electrons. The van der Waals surface area contributed by atoms with Gasteiger partial charge in [-0.2, -0.15) is 0 Å². The van der Waals surface area contributed by atoms with Crippen molar-refractivity contribution < 1.29 is 20.1 Å². The van der Waals surface area contributed by atoms with Gasteiger partial charge in [0, 0.05) is 12.8 Å². The Morgan fingerprint density at radius 1 is 1.14 bits per heavy atom. The lowest BCUT2D eigenvalue weighted by Gasteiger charge is -2.06. The molecule has 0 bridgehead atoms. The fourth-order valence-electron chi connectivity index (χ4n) is 1.61. The van der Waals surface area contributed by atoms with Crippen LogP contribution in [0.5, 0.6) is 0 Å². The average molecular weight is 304 g/mol. The Balaban J connectivity index is 3.67. The molecule has 0 aliphatic carbocycles. The Morgan fingerprint density at radius 2 is 1.91 bits per heavy atom. The van der Waals surface area contributed by atoms with Crippen LogP contribution in [0.15, 0.2) is 24.8 Å². The average Bonchev–Trinajstić information content (AvgIpc) is 2.48. The maximum absolute atomic E-state index is 10.3. The first-order valence-electron chi connectivity index (χ1n) is 7.40. The second-order valence-corrected chi connectivity index (χ2v) is 4.81. The van der Waals surface area contributed by atoms with Crippen LogP contribution in [-0.2, 0) is 4.79 Å². The van der Waals surface area contributed by atoms with Crippen molar-refractivity contribution in [2.45, 2.75) is 57.2 Å². The summed E-state index contributed by atoms with van der Waals surface area (Å²) in [4.78, 5) is 10.3. The van der Waals surface area contributed by atoms with Crippen molar-refractivity contribution in [2.75, 3.05) is 0 Å². The molecule has 120 valence electrons. The Hall–Kier alpha value is -2.01. The van der Waals surface area contributed by atoms with Gasteiger partial charge in [0.15, 0.2) is 0 Å². The van der Waals surface area contributed by atoms with Crippen LogP contribution in [0, 0.1) is 23.7 Å². The van der Waals surface area contributed by atoms with E-state index in [1.165, 1.54) is 6.08 Å². The van der Waals surface area contributed by atoms with E-state index in [0.717, 1.165) is 12.8 Å². The van der Waals surface area contributed by atoms with Gasteiger partial charge in [0.1, 0.15) is 6.10 Å². The van der Waals surface area contributed by atoms with E-state index in [0.29, 0.717) is 25.7 Å². The van der Waals surface area contributed by atoms with E-state index in [4.69, 9.17) is 10.2 Å². The summed E-state index contributed by atoms with van der Waals surface area (Å²) < 4.78 is 0. The molecule has 22 heavy (non-hydrogen) atoms. The molecule has 0 amide bonds. The third kappa shape index (κ3) is 14.4. The quantitative estimate of drug-likeness (QED) is 0.329. The maximum Gasteiger partial charge on any atom is 0.303 e. The fourth-order valence-corrected chi connectivity index (χ4v) is 1.61. The highest BCUT2D eigenvalue weighted by molar-refractivity contribution is 5.66. The minimum atomic E-state index is -0.838. The molecule has 0 aliphatic heterocycles. The van der Waals surface area contributed by atoms with Gasteiger partial charge in [0.05, 0.1) is 6.10 Å². The SMILES string of the molecule is C=C[C@H](O)C#CC#CC/C=C\CC(O)CCCCCC(=O)O. The van der Waals surface area contributed by atoms with Crippen molar-refractivity contribution in [2.24, 2.45) is 0 Å². The number of carboxylic acids is 1. The Morgan fingerprint density at radius 3 is 2.59 bits per heavy atom. The molecule has 0 saturated heterocycles. The van der Waals surface area contributed by atoms with Crippen LogP contribution < -0.4 is 0 Å². The second-order valence-electron chi connectivity index (χ2n) is 4.81. The van der Waals surface area contributed by atoms with Crippen LogP contribution >= 0.6 is 0 Å². The molecule has 0 aliphatic rings. The zero-order chi connectivity index (χ0) is 16.6. The standard InChI is InChI=1S/C18H24O4/c1-2-16(19)12-8-5-3-4-6-9-13-17(20)14-10-7-11-15-18(21)22/h2,6,9,16-17,19-20H,1,4,7,10-11,13-15H2,(H,21,22)/b9-6-/t16-,17?/m0/s1. The van der Waals surface area contributed by atoms with Crippen molar-refractivity contribution in [3.63, 3.8) is 0 Å². The second kappa shape index (κ2) is 13.9. The predicted octanol–water partition coefficient (Wildman–Crippen LogP) is 2.27. The molecule has 0 aromatic carbocycles. The van der Waals surface area contributed by atoms with Gasteiger partial charge in [-0.1, -0.05) is 49.5 Å². The van der Waals surface area contributed by atoms with Crippen LogP contribution in [0.4, 0.5) is 0 Å². The zero-order valence-electron chi connectivity index (χ0n) is 12.8. The van der Waals surface area contributed by atoms with E-state index >= 15 is 0 Å². The van der Waals surface area contributed by atoms with Gasteiger partial charge in [-0.25, -0.2) is 0 Å². The van der Waals surface area contributed by atoms with Gasteiger partial charge in [0.25, 0.3) is 0 Å². The van der Waals surface area contributed by atoms with E-state index in [9.17, 15) is 9.90 Å². The highest BCUT2D eigenvalue weighted by atomic mass is 16.4. The summed E-state index contributed by atoms with van der Waals surface area (Å²) in [5, 5.41) is 27.3. The van der Waals surface area contributed by atoms with Crippen LogP contribution in [0.3, 0.4) is 0 Å². The highest BCUT2D eigenvalue weighted by Crippen LogP contribution is 2.08. The molecule has 2 atom stereocenters. The number of allylic oxidation sites excluding steroid dienone is 1. The molecule has 3 N–H and O–H groups in total. The minimum Gasteiger partial charge on any atom is -0.481 e. The van der Waals surface area contributed by atoms with Crippen LogP contribution in [0.2, 0.25) is 0 Å². The van der Waals surface area contributed by atoms with Gasteiger partial charge in [0.2, 0.25) is 0 Å². The molecule has 0 fully saturated rings. The zero-order valence-corrected chi connectivity index (χ0v) is 12.8. The molecule has 0 aromatic heterocycles. The van der Waals surface area contributed by atoms with Crippen LogP contribution in [0.1, 0.15) is 44.9 Å². The Labute approximate surface area is 132 Å². The summed E-state index contributed by atoms with van der Waals surface area (Å²) in [7, 11) is 0. The molecule has 0 aromatic rings. The lowest BCUT2D eigenvalue weighted by atomic mass is 10.1. The van der Waals surface area contributed by atoms with Gasteiger partial charge in [-0.3, -0.25) is 4.79 Å². The van der Waals surface area contributed by atoms with Crippen molar-refractivity contribution in [3.8, 4) is 23.7 Å². The molecular formula is C18H24O4. The first-order valence-corrected chi connectivity index (χ1v) is 7.40. The normalized spacial score (nSPS) is 12.6. The van der Waals surface area contributed by atoms with E-state index in [1.807, 2.05) is 12.2 Å². The van der Waals surface area contributed by atoms with Crippen LogP contribution in [-0.4, -0.2) is 33.5 Å². The van der Waals surface area contributed by atoms with Crippen molar-refractivity contribution >= 4 is 5.97 Å². The summed E-state index contributed by atoms with van der Waals surface area (Å²) in [5.74, 6) is 9.68. The van der Waals surface area contributed by atoms with Gasteiger partial charge in [-0.05, 0) is 31.1 Å². The maximum atomic E-state index is 10.3. The molecule has 0 saturated carbocycles. The van der Waals surface area contributed by atoms with E-state index in [1.54, 1.807) is 0 Å². The predicted molar refractivity (Wildman–Crippen MR) is 86.9 cm³/mol. The molecule has 0 rings (SSSR count). The number of aliphatic carboxylic acids is 1. The van der Waals surface area contributed by atoms with Gasteiger partial charge < -0.3 is 15.3 Å². The summed E-state index contributed by atoms with van der Waals surface area (Å²) in [5.41, 5.74) is 0. The van der Waals surface area contributed by atoms with Crippen molar-refractivity contribution in [1.82, 2.24) is 0 Å². The third-order valence-corrected chi connectivity index (χ3v) is 2.82. The number of unbranched alkanes of at least 4 members (excludes halogenated alkanes) is 2. The lowest BCUT2D eigenvalue weighted by molar-refractivity contribution is -0.137. The molecule has 0 heterocycles. The Bertz CT molecular complexity index is 471. The van der Waals surface area contributed by atoms with Gasteiger partial charge >= 0.3 is 5.97 Å². The number of aliphatic hydroxyl groups excluding tert-OH is 2. The van der Waals surface area contributed by atoms with Crippen molar-refractivity contribution in [3.05, 3.63) is 24.8 Å². The lowest BCUT2D eigenvalue weighted by Crippen LogP contribution is -2.04. The molecule has 1 unspecified atom stereocenters. The molecule has 4 nitrogen and oxygen atoms in total. The minimum absolute atomic E-state index is 0.196. The largest absolute Gasteiger partial charge is 0.481 e. The summed E-state index contributed by atoms with van der Waals surface area (Å²) in [6.07, 6.45) is 8.17. The first-order chi connectivity index (χ1) is 10.6. The molecule has 4 heteroatoms. The van der Waals surface area contributed by atoms with Gasteiger partial charge in [-0.15, -0.1) is 0 Å². The topological polar surface area (TPSA) is 77.8 Å². The number of carbonyl (C=O) groups is 1. The summed E-state index contributed by atoms with van der Waals surface area (Å²) in [6.45, 7) is 3.39. The number of hydrogen-bond donors (Lipinski definition) is 3. The first kappa shape index (κ1) is 20.0. The fraction of sp³-hybridized carbons (Fsp3) is 0.500. The van der Waals surface area contributed by atoms with E-state index in [-0.39, 0.29) is 6.42 Å². The summed E-state index contributed by atoms with van der Waals surface area (Å²) >= 11 is 0.